The van der Waals surface area contributed by atoms with E-state index in [2.05, 4.69) is 0 Å². The smallest absolute Gasteiger partial charge is 0.0464 e. The van der Waals surface area contributed by atoms with Gasteiger partial charge in [-0.1, -0.05) is 60.7 Å². The van der Waals surface area contributed by atoms with Crippen molar-refractivity contribution in [2.75, 3.05) is 0 Å². The lowest BCUT2D eigenvalue weighted by atomic mass is 9.84. The molecule has 0 aromatic heterocycles. The van der Waals surface area contributed by atoms with Crippen LogP contribution in [0, 0.1) is 11.8 Å². The normalized spacial score (nSPS) is 22.5. The molecule has 0 bridgehead atoms. The van der Waals surface area contributed by atoms with Crippen molar-refractivity contribution in [2.45, 2.75) is 5.41 Å². The number of aliphatic carboxylic acids is 2. The maximum Gasteiger partial charge on any atom is 0.0464 e. The fourth-order valence-electron chi connectivity index (χ4n) is 3.34. The van der Waals surface area contributed by atoms with Gasteiger partial charge in [-0.25, -0.2) is 0 Å². The molecule has 0 aliphatic heterocycles. The van der Waals surface area contributed by atoms with E-state index in [0.717, 1.165) is 0 Å². The highest BCUT2D eigenvalue weighted by Crippen LogP contribution is 2.63. The molecule has 2 aromatic carbocycles. The fourth-order valence-corrected chi connectivity index (χ4v) is 3.34. The average molecular weight is 280 g/mol. The number of carboxylic acids is 2. The Hall–Kier alpha value is -2.62. The SMILES string of the molecule is O=C([O-])[C@H]1[C@H](C(=O)[O-])C1(c1ccccc1)c1ccccc1. The van der Waals surface area contributed by atoms with Gasteiger partial charge in [0.15, 0.2) is 0 Å². The molecule has 3 rings (SSSR count). The van der Waals surface area contributed by atoms with E-state index in [-0.39, 0.29) is 0 Å². The molecule has 0 N–H and O–H groups in total. The topological polar surface area (TPSA) is 80.3 Å². The van der Waals surface area contributed by atoms with Crippen molar-refractivity contribution in [2.24, 2.45) is 11.8 Å². The van der Waals surface area contributed by atoms with Gasteiger partial charge in [-0.15, -0.1) is 0 Å². The van der Waals surface area contributed by atoms with E-state index in [1.54, 1.807) is 60.7 Å². The summed E-state index contributed by atoms with van der Waals surface area (Å²) in [5.41, 5.74) is 0.194. The molecule has 0 radical (unpaired) electrons. The highest BCUT2D eigenvalue weighted by atomic mass is 16.4. The molecule has 1 fully saturated rings. The van der Waals surface area contributed by atoms with Gasteiger partial charge in [0.25, 0.3) is 0 Å². The van der Waals surface area contributed by atoms with Crippen LogP contribution >= 0.6 is 0 Å². The van der Waals surface area contributed by atoms with Crippen molar-refractivity contribution in [1.82, 2.24) is 0 Å². The molecular formula is C17H12O4-2. The predicted octanol–water partition coefficient (Wildman–Crippen LogP) is -0.281. The Labute approximate surface area is 121 Å². The summed E-state index contributed by atoms with van der Waals surface area (Å²) in [6, 6.07) is 17.6. The van der Waals surface area contributed by atoms with Crippen LogP contribution in [0.1, 0.15) is 11.1 Å². The van der Waals surface area contributed by atoms with Gasteiger partial charge < -0.3 is 19.8 Å². The number of hydrogen-bond donors (Lipinski definition) is 0. The molecular weight excluding hydrogens is 268 g/mol. The van der Waals surface area contributed by atoms with Crippen LogP contribution in [0.4, 0.5) is 0 Å². The van der Waals surface area contributed by atoms with E-state index in [9.17, 15) is 19.8 Å². The Balaban J connectivity index is 2.23. The second kappa shape index (κ2) is 4.74. The molecule has 4 heteroatoms. The Morgan fingerprint density at radius 1 is 0.714 bits per heavy atom. The van der Waals surface area contributed by atoms with Crippen LogP contribution in [-0.4, -0.2) is 11.9 Å². The highest BCUT2D eigenvalue weighted by Gasteiger charge is 2.67. The lowest BCUT2D eigenvalue weighted by molar-refractivity contribution is -0.316. The number of carbonyl (C=O) groups is 2. The molecule has 2 aromatic rings. The third-order valence-electron chi connectivity index (χ3n) is 4.22. The zero-order valence-corrected chi connectivity index (χ0v) is 11.1. The summed E-state index contributed by atoms with van der Waals surface area (Å²) >= 11 is 0. The minimum absolute atomic E-state index is 0.652. The van der Waals surface area contributed by atoms with E-state index < -0.39 is 29.2 Å². The van der Waals surface area contributed by atoms with E-state index >= 15 is 0 Å². The van der Waals surface area contributed by atoms with Crippen molar-refractivity contribution in [3.63, 3.8) is 0 Å². The van der Waals surface area contributed by atoms with E-state index in [0.29, 0.717) is 11.1 Å². The second-order valence-corrected chi connectivity index (χ2v) is 5.19. The minimum Gasteiger partial charge on any atom is -0.550 e. The van der Waals surface area contributed by atoms with Crippen molar-refractivity contribution in [3.8, 4) is 0 Å². The maximum atomic E-state index is 11.4. The summed E-state index contributed by atoms with van der Waals surface area (Å²) in [5.74, 6) is -4.96. The molecule has 1 aliphatic carbocycles. The largest absolute Gasteiger partial charge is 0.550 e. The zero-order chi connectivity index (χ0) is 15.0. The Bertz CT molecular complexity index is 617. The van der Waals surface area contributed by atoms with Gasteiger partial charge in [0, 0.05) is 29.2 Å². The van der Waals surface area contributed by atoms with Crippen LogP contribution < -0.4 is 10.2 Å². The van der Waals surface area contributed by atoms with E-state index in [1.807, 2.05) is 0 Å². The summed E-state index contributed by atoms with van der Waals surface area (Å²) in [5, 5.41) is 22.9. The number of hydrogen-bond acceptors (Lipinski definition) is 4. The van der Waals surface area contributed by atoms with E-state index in [4.69, 9.17) is 0 Å². The van der Waals surface area contributed by atoms with Crippen LogP contribution in [0.5, 0.6) is 0 Å². The summed E-state index contributed by atoms with van der Waals surface area (Å²) in [6.07, 6.45) is 0. The quantitative estimate of drug-likeness (QED) is 0.771. The molecule has 0 saturated heterocycles. The molecule has 1 saturated carbocycles. The standard InChI is InChI=1S/C17H14O4/c18-15(19)13-14(16(20)21)17(13,11-7-3-1-4-8-11)12-9-5-2-6-10-12/h1-10,13-14H,(H,18,19)(H,20,21)/p-2/t13-,14-/m1/s1. The van der Waals surface area contributed by atoms with Crippen molar-refractivity contribution in [1.29, 1.82) is 0 Å². The van der Waals surface area contributed by atoms with Crippen molar-refractivity contribution < 1.29 is 19.8 Å². The van der Waals surface area contributed by atoms with Gasteiger partial charge in [-0.2, -0.15) is 0 Å². The number of benzene rings is 2. The van der Waals surface area contributed by atoms with E-state index in [1.165, 1.54) is 0 Å². The number of carbonyl (C=O) groups excluding carboxylic acids is 2. The molecule has 1 aliphatic rings. The summed E-state index contributed by atoms with van der Waals surface area (Å²) in [4.78, 5) is 22.9. The number of rotatable bonds is 4. The molecule has 106 valence electrons. The Morgan fingerprint density at radius 2 is 1.05 bits per heavy atom. The summed E-state index contributed by atoms with van der Waals surface area (Å²) < 4.78 is 0. The maximum absolute atomic E-state index is 11.4. The van der Waals surface area contributed by atoms with Crippen LogP contribution in [0.25, 0.3) is 0 Å². The van der Waals surface area contributed by atoms with Crippen LogP contribution in [0.15, 0.2) is 60.7 Å². The Kier molecular flexibility index (Phi) is 3.01. The molecule has 2 atom stereocenters. The lowest BCUT2D eigenvalue weighted by Gasteiger charge is -2.20. The Morgan fingerprint density at radius 3 is 1.33 bits per heavy atom. The zero-order valence-electron chi connectivity index (χ0n) is 11.1. The minimum atomic E-state index is -1.36. The second-order valence-electron chi connectivity index (χ2n) is 5.19. The van der Waals surface area contributed by atoms with Gasteiger partial charge in [0.2, 0.25) is 0 Å². The van der Waals surface area contributed by atoms with Crippen LogP contribution in [0.2, 0.25) is 0 Å². The van der Waals surface area contributed by atoms with Crippen molar-refractivity contribution >= 4 is 11.9 Å². The third kappa shape index (κ3) is 1.83. The monoisotopic (exact) mass is 280 g/mol. The molecule has 21 heavy (non-hydrogen) atoms. The lowest BCUT2D eigenvalue weighted by Crippen LogP contribution is -2.30. The first-order chi connectivity index (χ1) is 10.1. The van der Waals surface area contributed by atoms with Gasteiger partial charge >= 0.3 is 0 Å². The molecule has 4 nitrogen and oxygen atoms in total. The average Bonchev–Trinajstić information content (AvgIpc) is 3.21. The molecule has 0 unspecified atom stereocenters. The van der Waals surface area contributed by atoms with Crippen LogP contribution in [-0.2, 0) is 15.0 Å². The van der Waals surface area contributed by atoms with Gasteiger partial charge in [-0.3, -0.25) is 0 Å². The predicted molar refractivity (Wildman–Crippen MR) is 70.7 cm³/mol. The third-order valence-corrected chi connectivity index (χ3v) is 4.22. The fraction of sp³-hybridized carbons (Fsp3) is 0.176. The van der Waals surface area contributed by atoms with Crippen LogP contribution in [0.3, 0.4) is 0 Å². The first kappa shape index (κ1) is 13.4. The molecule has 0 spiro atoms. The summed E-state index contributed by atoms with van der Waals surface area (Å²) in [7, 11) is 0. The van der Waals surface area contributed by atoms with Gasteiger partial charge in [0.1, 0.15) is 0 Å². The first-order valence-corrected chi connectivity index (χ1v) is 6.63. The highest BCUT2D eigenvalue weighted by molar-refractivity contribution is 5.91. The molecule has 0 heterocycles. The summed E-state index contributed by atoms with van der Waals surface area (Å²) in [6.45, 7) is 0. The first-order valence-electron chi connectivity index (χ1n) is 6.63. The molecule has 0 amide bonds. The number of carboxylic acid groups (broad SMARTS) is 2. The van der Waals surface area contributed by atoms with Gasteiger partial charge in [0.05, 0.1) is 0 Å². The van der Waals surface area contributed by atoms with Crippen molar-refractivity contribution in [3.05, 3.63) is 71.8 Å². The van der Waals surface area contributed by atoms with Gasteiger partial charge in [-0.05, 0) is 11.1 Å².